The van der Waals surface area contributed by atoms with Gasteiger partial charge in [-0.05, 0) is 37.8 Å². The summed E-state index contributed by atoms with van der Waals surface area (Å²) in [6, 6.07) is 7.09. The number of benzene rings is 1. The van der Waals surface area contributed by atoms with Gasteiger partial charge < -0.3 is 5.32 Å². The van der Waals surface area contributed by atoms with Crippen LogP contribution in [0.3, 0.4) is 0 Å². The molecule has 1 aliphatic carbocycles. The summed E-state index contributed by atoms with van der Waals surface area (Å²) in [5.74, 6) is 0.530. The molecule has 1 fully saturated rings. The van der Waals surface area contributed by atoms with E-state index in [2.05, 4.69) is 10.3 Å². The minimum Gasteiger partial charge on any atom is -0.353 e. The number of aromatic amines is 1. The second-order valence-corrected chi connectivity index (χ2v) is 5.87. The van der Waals surface area contributed by atoms with Crippen LogP contribution in [-0.2, 0) is 11.3 Å². The molecule has 1 aromatic carbocycles. The van der Waals surface area contributed by atoms with E-state index in [9.17, 15) is 14.4 Å². The number of nitrogens with zero attached hydrogens (tertiary/aromatic N) is 1. The predicted octanol–water partition coefficient (Wildman–Crippen LogP) is 0.995. The van der Waals surface area contributed by atoms with Crippen molar-refractivity contribution in [2.24, 2.45) is 5.92 Å². The van der Waals surface area contributed by atoms with Gasteiger partial charge >= 0.3 is 5.69 Å². The first-order valence-electron chi connectivity index (χ1n) is 7.57. The van der Waals surface area contributed by atoms with E-state index in [0.717, 1.165) is 0 Å². The van der Waals surface area contributed by atoms with Gasteiger partial charge in [-0.1, -0.05) is 12.1 Å². The van der Waals surface area contributed by atoms with Gasteiger partial charge in [0, 0.05) is 19.0 Å². The van der Waals surface area contributed by atoms with Crippen LogP contribution in [0.2, 0.25) is 0 Å². The van der Waals surface area contributed by atoms with Gasteiger partial charge in [0.2, 0.25) is 5.91 Å². The Kier molecular flexibility index (Phi) is 3.83. The number of aromatic nitrogens is 2. The molecule has 1 heterocycles. The highest BCUT2D eigenvalue weighted by Gasteiger charge is 2.28. The summed E-state index contributed by atoms with van der Waals surface area (Å²) < 4.78 is 1.44. The lowest BCUT2D eigenvalue weighted by atomic mass is 10.2. The number of H-pyrrole nitrogens is 1. The lowest BCUT2D eigenvalue weighted by Gasteiger charge is -2.13. The third kappa shape index (κ3) is 2.95. The van der Waals surface area contributed by atoms with Gasteiger partial charge in [0.1, 0.15) is 0 Å². The van der Waals surface area contributed by atoms with Crippen molar-refractivity contribution in [1.29, 1.82) is 0 Å². The monoisotopic (exact) mass is 301 g/mol. The van der Waals surface area contributed by atoms with E-state index < -0.39 is 11.2 Å². The molecule has 3 rings (SSSR count). The quantitative estimate of drug-likeness (QED) is 0.864. The molecule has 1 atom stereocenters. The number of carbonyl (C=O) groups is 1. The second kappa shape index (κ2) is 5.79. The third-order valence-corrected chi connectivity index (χ3v) is 4.19. The summed E-state index contributed by atoms with van der Waals surface area (Å²) in [6.45, 7) is 2.26. The van der Waals surface area contributed by atoms with E-state index in [-0.39, 0.29) is 24.9 Å². The Morgan fingerprint density at radius 1 is 1.36 bits per heavy atom. The van der Waals surface area contributed by atoms with Crippen LogP contribution in [0.1, 0.15) is 26.2 Å². The van der Waals surface area contributed by atoms with Crippen LogP contribution in [0.15, 0.2) is 33.9 Å². The topological polar surface area (TPSA) is 84.0 Å². The maximum atomic E-state index is 12.0. The highest BCUT2D eigenvalue weighted by molar-refractivity contribution is 5.79. The molecule has 0 spiro atoms. The van der Waals surface area contributed by atoms with E-state index in [1.54, 1.807) is 24.3 Å². The third-order valence-electron chi connectivity index (χ3n) is 4.19. The fourth-order valence-corrected chi connectivity index (χ4v) is 2.72. The van der Waals surface area contributed by atoms with Crippen LogP contribution in [0.25, 0.3) is 10.9 Å². The van der Waals surface area contributed by atoms with Crippen LogP contribution in [0.4, 0.5) is 0 Å². The summed E-state index contributed by atoms with van der Waals surface area (Å²) in [5, 5.41) is 3.42. The Morgan fingerprint density at radius 2 is 2.09 bits per heavy atom. The lowest BCUT2D eigenvalue weighted by molar-refractivity contribution is -0.122. The Morgan fingerprint density at radius 3 is 2.82 bits per heavy atom. The Balaban J connectivity index is 1.77. The molecule has 6 heteroatoms. The maximum absolute atomic E-state index is 12.0. The zero-order valence-electron chi connectivity index (χ0n) is 12.5. The van der Waals surface area contributed by atoms with Gasteiger partial charge in [0.15, 0.2) is 0 Å². The van der Waals surface area contributed by atoms with E-state index >= 15 is 0 Å². The molecule has 1 unspecified atom stereocenters. The Labute approximate surface area is 127 Å². The molecule has 2 N–H and O–H groups in total. The standard InChI is InChI=1S/C16H19N3O3/c1-10(11-6-7-11)17-14(20)8-9-19-13-5-3-2-4-12(13)15(21)18-16(19)22/h2-5,10-11H,6-9H2,1H3,(H,17,20)(H,18,21,22). The molecular weight excluding hydrogens is 282 g/mol. The van der Waals surface area contributed by atoms with Crippen molar-refractivity contribution in [2.75, 3.05) is 0 Å². The maximum Gasteiger partial charge on any atom is 0.328 e. The first-order chi connectivity index (χ1) is 10.6. The molecule has 1 saturated carbocycles. The highest BCUT2D eigenvalue weighted by atomic mass is 16.2. The molecule has 6 nitrogen and oxygen atoms in total. The van der Waals surface area contributed by atoms with Gasteiger partial charge in [-0.3, -0.25) is 19.1 Å². The van der Waals surface area contributed by atoms with E-state index in [1.807, 2.05) is 6.92 Å². The van der Waals surface area contributed by atoms with Gasteiger partial charge in [-0.25, -0.2) is 4.79 Å². The van der Waals surface area contributed by atoms with Crippen molar-refractivity contribution >= 4 is 16.8 Å². The molecule has 2 aromatic rings. The number of para-hydroxylation sites is 1. The van der Waals surface area contributed by atoms with Gasteiger partial charge in [-0.2, -0.15) is 0 Å². The van der Waals surface area contributed by atoms with Crippen molar-refractivity contribution in [1.82, 2.24) is 14.9 Å². The van der Waals surface area contributed by atoms with Crippen molar-refractivity contribution in [2.45, 2.75) is 38.8 Å². The minimum absolute atomic E-state index is 0.0680. The van der Waals surface area contributed by atoms with Crippen LogP contribution in [0, 0.1) is 5.92 Å². The largest absolute Gasteiger partial charge is 0.353 e. The predicted molar refractivity (Wildman–Crippen MR) is 83.8 cm³/mol. The normalized spacial score (nSPS) is 15.7. The summed E-state index contributed by atoms with van der Waals surface area (Å²) >= 11 is 0. The molecule has 0 saturated heterocycles. The van der Waals surface area contributed by atoms with Crippen molar-refractivity contribution < 1.29 is 4.79 Å². The first-order valence-corrected chi connectivity index (χ1v) is 7.57. The number of fused-ring (bicyclic) bond motifs is 1. The minimum atomic E-state index is -0.480. The highest BCUT2D eigenvalue weighted by Crippen LogP contribution is 2.32. The SMILES string of the molecule is CC(NC(=O)CCn1c(=O)[nH]c(=O)c2ccccc21)C1CC1. The van der Waals surface area contributed by atoms with Gasteiger partial charge in [-0.15, -0.1) is 0 Å². The van der Waals surface area contributed by atoms with E-state index in [4.69, 9.17) is 0 Å². The average molecular weight is 301 g/mol. The molecule has 22 heavy (non-hydrogen) atoms. The van der Waals surface area contributed by atoms with E-state index in [0.29, 0.717) is 16.8 Å². The first kappa shape index (κ1) is 14.6. The summed E-state index contributed by atoms with van der Waals surface area (Å²) in [4.78, 5) is 38.0. The smallest absolute Gasteiger partial charge is 0.328 e. The Bertz CT molecular complexity index is 817. The molecule has 0 aliphatic heterocycles. The van der Waals surface area contributed by atoms with Crippen molar-refractivity contribution in [3.05, 3.63) is 45.1 Å². The van der Waals surface area contributed by atoms with Crippen LogP contribution in [-0.4, -0.2) is 21.5 Å². The molecule has 1 aromatic heterocycles. The molecule has 1 amide bonds. The molecule has 0 radical (unpaired) electrons. The summed E-state index contributed by atoms with van der Waals surface area (Å²) in [6.07, 6.45) is 2.56. The fourth-order valence-electron chi connectivity index (χ4n) is 2.72. The average Bonchev–Trinajstić information content (AvgIpc) is 3.31. The number of hydrogen-bond donors (Lipinski definition) is 2. The van der Waals surface area contributed by atoms with Crippen LogP contribution >= 0.6 is 0 Å². The lowest BCUT2D eigenvalue weighted by Crippen LogP contribution is -2.36. The Hall–Kier alpha value is -2.37. The van der Waals surface area contributed by atoms with Crippen molar-refractivity contribution in [3.63, 3.8) is 0 Å². The van der Waals surface area contributed by atoms with E-state index in [1.165, 1.54) is 17.4 Å². The van der Waals surface area contributed by atoms with Gasteiger partial charge in [0.25, 0.3) is 5.56 Å². The fraction of sp³-hybridized carbons (Fsp3) is 0.438. The molecule has 116 valence electrons. The molecular formula is C16H19N3O3. The number of amides is 1. The van der Waals surface area contributed by atoms with Crippen LogP contribution in [0.5, 0.6) is 0 Å². The number of aryl methyl sites for hydroxylation is 1. The summed E-state index contributed by atoms with van der Waals surface area (Å²) in [7, 11) is 0. The van der Waals surface area contributed by atoms with Gasteiger partial charge in [0.05, 0.1) is 10.9 Å². The number of rotatable bonds is 5. The number of carbonyl (C=O) groups excluding carboxylic acids is 1. The van der Waals surface area contributed by atoms with Crippen molar-refractivity contribution in [3.8, 4) is 0 Å². The summed E-state index contributed by atoms with van der Waals surface area (Å²) in [5.41, 5.74) is -0.324. The van der Waals surface area contributed by atoms with Crippen LogP contribution < -0.4 is 16.6 Å². The number of nitrogens with one attached hydrogen (secondary N) is 2. The molecule has 0 bridgehead atoms. The molecule has 1 aliphatic rings. The second-order valence-electron chi connectivity index (χ2n) is 5.87. The zero-order chi connectivity index (χ0) is 15.7. The number of hydrogen-bond acceptors (Lipinski definition) is 3. The zero-order valence-corrected chi connectivity index (χ0v) is 12.5.